The van der Waals surface area contributed by atoms with Crippen LogP contribution in [0.4, 0.5) is 5.82 Å². The zero-order valence-corrected chi connectivity index (χ0v) is 14.4. The average molecular weight is 324 g/mol. The summed E-state index contributed by atoms with van der Waals surface area (Å²) in [6, 6.07) is 4.18. The molecule has 0 aliphatic carbocycles. The molecule has 126 valence electrons. The molecule has 0 unspecified atom stereocenters. The van der Waals surface area contributed by atoms with Crippen LogP contribution in [-0.2, 0) is 13.0 Å². The second-order valence-corrected chi connectivity index (χ2v) is 6.62. The summed E-state index contributed by atoms with van der Waals surface area (Å²) >= 11 is 0. The number of nitrogens with zero attached hydrogens (tertiary/aromatic N) is 6. The predicted molar refractivity (Wildman–Crippen MR) is 94.3 cm³/mol. The fourth-order valence-corrected chi connectivity index (χ4v) is 3.57. The Morgan fingerprint density at radius 1 is 1.21 bits per heavy atom. The van der Waals surface area contributed by atoms with Gasteiger partial charge in [0.15, 0.2) is 5.65 Å². The topological polar surface area (TPSA) is 51.2 Å². The molecule has 1 aliphatic rings. The fraction of sp³-hybridized carbons (Fsp3) is 0.500. The summed E-state index contributed by atoms with van der Waals surface area (Å²) in [6.45, 7) is 7.44. The summed E-state index contributed by atoms with van der Waals surface area (Å²) in [5, 5.41) is 4.46. The SMILES string of the molecule is CCc1cc(N2CCC(Cn3ccnc3C)CC2)n2nccc2n1. The standard InChI is InChI=1S/C18H24N6/c1-3-16-12-18(24-17(21-16)4-7-20-24)22-9-5-15(6-10-22)13-23-11-8-19-14(23)2/h4,7-8,11-12,15H,3,5-6,9-10,13H2,1-2H3. The first kappa shape index (κ1) is 15.2. The Balaban J connectivity index is 1.50. The molecule has 3 aromatic heterocycles. The van der Waals surface area contributed by atoms with E-state index in [1.165, 1.54) is 18.7 Å². The normalized spacial score (nSPS) is 16.2. The molecule has 1 aliphatic heterocycles. The van der Waals surface area contributed by atoms with Crippen molar-refractivity contribution >= 4 is 11.5 Å². The van der Waals surface area contributed by atoms with Gasteiger partial charge in [0, 0.05) is 49.9 Å². The maximum Gasteiger partial charge on any atom is 0.157 e. The Morgan fingerprint density at radius 3 is 2.75 bits per heavy atom. The second kappa shape index (κ2) is 6.26. The van der Waals surface area contributed by atoms with Gasteiger partial charge in [0.25, 0.3) is 0 Å². The van der Waals surface area contributed by atoms with Gasteiger partial charge in [-0.05, 0) is 32.1 Å². The minimum Gasteiger partial charge on any atom is -0.356 e. The lowest BCUT2D eigenvalue weighted by Crippen LogP contribution is -2.36. The lowest BCUT2D eigenvalue weighted by molar-refractivity contribution is 0.352. The van der Waals surface area contributed by atoms with Gasteiger partial charge >= 0.3 is 0 Å². The molecular weight excluding hydrogens is 300 g/mol. The van der Waals surface area contributed by atoms with Gasteiger partial charge < -0.3 is 9.47 Å². The first-order valence-corrected chi connectivity index (χ1v) is 8.81. The van der Waals surface area contributed by atoms with Crippen molar-refractivity contribution < 1.29 is 0 Å². The van der Waals surface area contributed by atoms with Crippen LogP contribution in [0.1, 0.15) is 31.3 Å². The molecule has 0 atom stereocenters. The number of hydrogen-bond acceptors (Lipinski definition) is 4. The molecule has 6 nitrogen and oxygen atoms in total. The Bertz CT molecular complexity index is 825. The van der Waals surface area contributed by atoms with Gasteiger partial charge in [-0.1, -0.05) is 6.92 Å². The van der Waals surface area contributed by atoms with E-state index in [0.717, 1.165) is 49.1 Å². The van der Waals surface area contributed by atoms with Crippen molar-refractivity contribution in [1.29, 1.82) is 0 Å². The second-order valence-electron chi connectivity index (χ2n) is 6.62. The molecule has 0 spiro atoms. The van der Waals surface area contributed by atoms with Crippen LogP contribution in [0.25, 0.3) is 5.65 Å². The smallest absolute Gasteiger partial charge is 0.157 e. The first-order chi connectivity index (χ1) is 11.7. The van der Waals surface area contributed by atoms with Crippen molar-refractivity contribution in [2.75, 3.05) is 18.0 Å². The van der Waals surface area contributed by atoms with Gasteiger partial charge in [-0.25, -0.2) is 9.97 Å². The molecule has 0 amide bonds. The minimum atomic E-state index is 0.717. The van der Waals surface area contributed by atoms with Crippen LogP contribution in [0.15, 0.2) is 30.7 Å². The highest BCUT2D eigenvalue weighted by atomic mass is 15.3. The number of fused-ring (bicyclic) bond motifs is 1. The van der Waals surface area contributed by atoms with Crippen LogP contribution < -0.4 is 4.90 Å². The Morgan fingerprint density at radius 2 is 2.04 bits per heavy atom. The van der Waals surface area contributed by atoms with Gasteiger partial charge in [0.1, 0.15) is 11.6 Å². The molecule has 1 saturated heterocycles. The summed E-state index contributed by atoms with van der Waals surface area (Å²) < 4.78 is 4.24. The lowest BCUT2D eigenvalue weighted by atomic mass is 9.96. The fourth-order valence-electron chi connectivity index (χ4n) is 3.57. The van der Waals surface area contributed by atoms with Crippen LogP contribution in [0, 0.1) is 12.8 Å². The zero-order valence-electron chi connectivity index (χ0n) is 14.4. The Labute approximate surface area is 142 Å². The lowest BCUT2D eigenvalue weighted by Gasteiger charge is -2.34. The van der Waals surface area contributed by atoms with Crippen LogP contribution in [0.3, 0.4) is 0 Å². The predicted octanol–water partition coefficient (Wildman–Crippen LogP) is 2.71. The van der Waals surface area contributed by atoms with E-state index < -0.39 is 0 Å². The van der Waals surface area contributed by atoms with Gasteiger partial charge in [-0.2, -0.15) is 9.61 Å². The number of imidazole rings is 1. The maximum absolute atomic E-state index is 4.65. The Hall–Kier alpha value is -2.37. The summed E-state index contributed by atoms with van der Waals surface area (Å²) in [6.07, 6.45) is 9.16. The number of rotatable bonds is 4. The quantitative estimate of drug-likeness (QED) is 0.740. The van der Waals surface area contributed by atoms with Crippen LogP contribution in [0.5, 0.6) is 0 Å². The molecule has 1 fully saturated rings. The summed E-state index contributed by atoms with van der Waals surface area (Å²) in [4.78, 5) is 11.4. The summed E-state index contributed by atoms with van der Waals surface area (Å²) in [5.74, 6) is 3.01. The number of aryl methyl sites for hydroxylation is 2. The van der Waals surface area contributed by atoms with Gasteiger partial charge in [0.05, 0.1) is 6.20 Å². The highest BCUT2D eigenvalue weighted by Crippen LogP contribution is 2.25. The van der Waals surface area contributed by atoms with Crippen molar-refractivity contribution in [2.45, 2.75) is 39.7 Å². The number of hydrogen-bond donors (Lipinski definition) is 0. The molecular formula is C18H24N6. The van der Waals surface area contributed by atoms with Crippen molar-refractivity contribution in [1.82, 2.24) is 24.1 Å². The monoisotopic (exact) mass is 324 g/mol. The van der Waals surface area contributed by atoms with Crippen molar-refractivity contribution in [2.24, 2.45) is 5.92 Å². The third kappa shape index (κ3) is 2.77. The van der Waals surface area contributed by atoms with E-state index in [2.05, 4.69) is 50.6 Å². The number of piperidine rings is 1. The van der Waals surface area contributed by atoms with E-state index in [1.54, 1.807) is 0 Å². The summed E-state index contributed by atoms with van der Waals surface area (Å²) in [5.41, 5.74) is 2.08. The number of aromatic nitrogens is 5. The molecule has 0 aromatic carbocycles. The largest absolute Gasteiger partial charge is 0.356 e. The highest BCUT2D eigenvalue weighted by molar-refractivity contribution is 5.51. The molecule has 6 heteroatoms. The van der Waals surface area contributed by atoms with Crippen LogP contribution in [-0.4, -0.2) is 37.2 Å². The van der Waals surface area contributed by atoms with E-state index in [9.17, 15) is 0 Å². The minimum absolute atomic E-state index is 0.717. The van der Waals surface area contributed by atoms with E-state index in [1.807, 2.05) is 23.0 Å². The van der Waals surface area contributed by atoms with Gasteiger partial charge in [-0.15, -0.1) is 0 Å². The first-order valence-electron chi connectivity index (χ1n) is 8.81. The molecule has 24 heavy (non-hydrogen) atoms. The Kier molecular flexibility index (Phi) is 3.96. The van der Waals surface area contributed by atoms with Crippen molar-refractivity contribution in [3.63, 3.8) is 0 Å². The average Bonchev–Trinajstić information content (AvgIpc) is 3.24. The molecule has 4 rings (SSSR count). The zero-order chi connectivity index (χ0) is 16.5. The third-order valence-electron chi connectivity index (χ3n) is 5.07. The summed E-state index contributed by atoms with van der Waals surface area (Å²) in [7, 11) is 0. The molecule has 0 radical (unpaired) electrons. The van der Waals surface area contributed by atoms with Gasteiger partial charge in [-0.3, -0.25) is 0 Å². The van der Waals surface area contributed by atoms with E-state index >= 15 is 0 Å². The van der Waals surface area contributed by atoms with Crippen LogP contribution >= 0.6 is 0 Å². The van der Waals surface area contributed by atoms with E-state index in [4.69, 9.17) is 0 Å². The maximum atomic E-state index is 4.65. The molecule has 3 aromatic rings. The number of anilines is 1. The highest BCUT2D eigenvalue weighted by Gasteiger charge is 2.22. The third-order valence-corrected chi connectivity index (χ3v) is 5.07. The van der Waals surface area contributed by atoms with Crippen molar-refractivity contribution in [3.8, 4) is 0 Å². The molecule has 0 saturated carbocycles. The van der Waals surface area contributed by atoms with Gasteiger partial charge in [0.2, 0.25) is 0 Å². The van der Waals surface area contributed by atoms with Crippen molar-refractivity contribution in [3.05, 3.63) is 42.2 Å². The van der Waals surface area contributed by atoms with Crippen LogP contribution in [0.2, 0.25) is 0 Å². The molecule has 0 bridgehead atoms. The molecule has 0 N–H and O–H groups in total. The molecule has 4 heterocycles. The van der Waals surface area contributed by atoms with E-state index in [0.29, 0.717) is 0 Å². The van der Waals surface area contributed by atoms with E-state index in [-0.39, 0.29) is 0 Å².